The number of nitrogens with one attached hydrogen (secondary N) is 2. The molecule has 3 heterocycles. The normalized spacial score (nSPS) is 22.0. The van der Waals surface area contributed by atoms with Crippen LogP contribution in [0.5, 0.6) is 5.75 Å². The first-order valence-corrected chi connectivity index (χ1v) is 15.8. The van der Waals surface area contributed by atoms with E-state index in [0.29, 0.717) is 26.1 Å². The Morgan fingerprint density at radius 3 is 2.58 bits per heavy atom. The number of benzene rings is 2. The van der Waals surface area contributed by atoms with Crippen molar-refractivity contribution in [2.24, 2.45) is 5.92 Å². The molecule has 1 saturated carbocycles. The van der Waals surface area contributed by atoms with Crippen LogP contribution in [0.1, 0.15) is 43.9 Å². The maximum atomic E-state index is 12.4. The van der Waals surface area contributed by atoms with E-state index in [1.807, 2.05) is 44.2 Å². The molecule has 4 aromatic rings. The van der Waals surface area contributed by atoms with Crippen molar-refractivity contribution in [2.75, 3.05) is 38.7 Å². The first-order chi connectivity index (χ1) is 21.8. The van der Waals surface area contributed by atoms with Crippen LogP contribution in [0, 0.1) is 5.92 Å². The molecule has 2 aliphatic rings. The summed E-state index contributed by atoms with van der Waals surface area (Å²) < 4.78 is 20.5. The van der Waals surface area contributed by atoms with E-state index in [2.05, 4.69) is 68.7 Å². The number of carbonyl (C=O) groups is 1. The van der Waals surface area contributed by atoms with Crippen LogP contribution in [0.15, 0.2) is 73.2 Å². The zero-order chi connectivity index (χ0) is 31.4. The van der Waals surface area contributed by atoms with Gasteiger partial charge in [0.1, 0.15) is 29.6 Å². The molecule has 1 aliphatic heterocycles. The number of amides is 1. The van der Waals surface area contributed by atoms with Gasteiger partial charge in [0.05, 0.1) is 24.6 Å². The second-order valence-electron chi connectivity index (χ2n) is 12.5. The molecule has 4 atom stereocenters. The van der Waals surface area contributed by atoms with E-state index in [9.17, 15) is 4.79 Å². The Balaban J connectivity index is 1.08. The number of carbonyl (C=O) groups excluding carboxylic acids is 1. The van der Waals surface area contributed by atoms with Crippen LogP contribution in [-0.4, -0.2) is 72.2 Å². The predicted molar refractivity (Wildman–Crippen MR) is 174 cm³/mol. The van der Waals surface area contributed by atoms with Gasteiger partial charge >= 0.3 is 0 Å². The number of anilines is 1. The van der Waals surface area contributed by atoms with Gasteiger partial charge in [-0.15, -0.1) is 0 Å². The number of rotatable bonds is 13. The van der Waals surface area contributed by atoms with Gasteiger partial charge in [0, 0.05) is 51.8 Å². The summed E-state index contributed by atoms with van der Waals surface area (Å²) in [5, 5.41) is 7.55. The molecule has 0 spiro atoms. The molecule has 2 aromatic heterocycles. The summed E-state index contributed by atoms with van der Waals surface area (Å²) in [6.45, 7) is 6.68. The lowest BCUT2D eigenvalue weighted by molar-refractivity contribution is -0.160. The molecule has 1 amide bonds. The van der Waals surface area contributed by atoms with E-state index in [4.69, 9.17) is 19.2 Å². The molecule has 2 aromatic carbocycles. The number of aromatic nitrogens is 3. The highest BCUT2D eigenvalue weighted by molar-refractivity contribution is 5.88. The summed E-state index contributed by atoms with van der Waals surface area (Å²) in [5.74, 6) is 1.36. The SMILES string of the molecule is COc1ccc(CN(C)c2ncnc3c2ccn3[C@@H]2C[C@H](CNCCC(=O)NCCc3ccccc3)[C@H]3OC(C)(C)O[C@H]32)cc1. The Hall–Kier alpha value is -3.99. The molecule has 1 saturated heterocycles. The molecular weight excluding hydrogens is 568 g/mol. The molecule has 1 aliphatic carbocycles. The molecule has 6 rings (SSSR count). The zero-order valence-corrected chi connectivity index (χ0v) is 26.6. The molecule has 45 heavy (non-hydrogen) atoms. The standard InChI is InChI=1S/C35H44N6O4/c1-35(2)44-31-26(21-36-17-15-30(42)37-18-14-24-8-6-5-7-9-24)20-29(32(31)45-35)41-19-16-28-33(38-23-39-34(28)41)40(3)22-25-10-12-27(43-4)13-11-25/h5-13,16,19,23,26,29,31-32,36H,14-15,17-18,20-22H2,1-4H3,(H,37,42)/t26-,29-,31-,32+/m1/s1. The van der Waals surface area contributed by atoms with E-state index in [-0.39, 0.29) is 30.1 Å². The van der Waals surface area contributed by atoms with Gasteiger partial charge in [-0.25, -0.2) is 9.97 Å². The third kappa shape index (κ3) is 7.13. The minimum absolute atomic E-state index is 0.0475. The van der Waals surface area contributed by atoms with Gasteiger partial charge in [-0.05, 0) is 56.0 Å². The molecule has 238 valence electrons. The van der Waals surface area contributed by atoms with Gasteiger partial charge in [0.2, 0.25) is 5.91 Å². The summed E-state index contributed by atoms with van der Waals surface area (Å²) in [4.78, 5) is 23.9. The highest BCUT2D eigenvalue weighted by atomic mass is 16.8. The minimum Gasteiger partial charge on any atom is -0.497 e. The smallest absolute Gasteiger partial charge is 0.221 e. The average molecular weight is 613 g/mol. The summed E-state index contributed by atoms with van der Waals surface area (Å²) in [6.07, 6.45) is 5.76. The van der Waals surface area contributed by atoms with Crippen molar-refractivity contribution < 1.29 is 19.0 Å². The maximum absolute atomic E-state index is 12.4. The van der Waals surface area contributed by atoms with E-state index in [1.54, 1.807) is 13.4 Å². The van der Waals surface area contributed by atoms with E-state index in [1.165, 1.54) is 11.1 Å². The number of ether oxygens (including phenoxy) is 3. The molecule has 2 N–H and O–H groups in total. The summed E-state index contributed by atoms with van der Waals surface area (Å²) >= 11 is 0. The Labute approximate surface area is 265 Å². The molecule has 2 fully saturated rings. The Kier molecular flexibility index (Phi) is 9.34. The van der Waals surface area contributed by atoms with Crippen LogP contribution < -0.4 is 20.3 Å². The largest absolute Gasteiger partial charge is 0.497 e. The van der Waals surface area contributed by atoms with Crippen molar-refractivity contribution in [1.82, 2.24) is 25.2 Å². The number of nitrogens with zero attached hydrogens (tertiary/aromatic N) is 4. The monoisotopic (exact) mass is 612 g/mol. The number of hydrogen-bond acceptors (Lipinski definition) is 8. The lowest BCUT2D eigenvalue weighted by Gasteiger charge is -2.25. The van der Waals surface area contributed by atoms with Gasteiger partial charge in [0.15, 0.2) is 5.79 Å². The van der Waals surface area contributed by atoms with Gasteiger partial charge in [-0.2, -0.15) is 0 Å². The fraction of sp³-hybridized carbons (Fsp3) is 0.457. The van der Waals surface area contributed by atoms with Crippen molar-refractivity contribution in [2.45, 2.75) is 63.7 Å². The molecular formula is C35H44N6O4. The Morgan fingerprint density at radius 2 is 1.80 bits per heavy atom. The van der Waals surface area contributed by atoms with Gasteiger partial charge in [-0.3, -0.25) is 4.79 Å². The van der Waals surface area contributed by atoms with Crippen LogP contribution >= 0.6 is 0 Å². The van der Waals surface area contributed by atoms with Gasteiger partial charge in [0.25, 0.3) is 0 Å². The topological polar surface area (TPSA) is 103 Å². The van der Waals surface area contributed by atoms with Crippen molar-refractivity contribution in [1.29, 1.82) is 0 Å². The van der Waals surface area contributed by atoms with Crippen molar-refractivity contribution in [3.63, 3.8) is 0 Å². The first-order valence-electron chi connectivity index (χ1n) is 15.8. The second kappa shape index (κ2) is 13.6. The summed E-state index contributed by atoms with van der Waals surface area (Å²) in [6, 6.07) is 20.5. The molecule has 10 nitrogen and oxygen atoms in total. The lowest BCUT2D eigenvalue weighted by atomic mass is 10.1. The van der Waals surface area contributed by atoms with Crippen molar-refractivity contribution >= 4 is 22.8 Å². The second-order valence-corrected chi connectivity index (χ2v) is 12.5. The van der Waals surface area contributed by atoms with Crippen LogP contribution in [-0.2, 0) is 27.2 Å². The highest BCUT2D eigenvalue weighted by Crippen LogP contribution is 2.47. The van der Waals surface area contributed by atoms with Crippen LogP contribution in [0.2, 0.25) is 0 Å². The number of methoxy groups -OCH3 is 1. The molecule has 0 radical (unpaired) electrons. The number of hydrogen-bond donors (Lipinski definition) is 2. The quantitative estimate of drug-likeness (QED) is 0.213. The first kappa shape index (κ1) is 31.0. The van der Waals surface area contributed by atoms with E-state index >= 15 is 0 Å². The summed E-state index contributed by atoms with van der Waals surface area (Å²) in [5.41, 5.74) is 3.28. The predicted octanol–water partition coefficient (Wildman–Crippen LogP) is 4.50. The van der Waals surface area contributed by atoms with Gasteiger partial charge < -0.3 is 34.3 Å². The zero-order valence-electron chi connectivity index (χ0n) is 26.6. The van der Waals surface area contributed by atoms with E-state index < -0.39 is 5.79 Å². The van der Waals surface area contributed by atoms with Gasteiger partial charge in [-0.1, -0.05) is 42.5 Å². The van der Waals surface area contributed by atoms with Crippen LogP contribution in [0.3, 0.4) is 0 Å². The minimum atomic E-state index is -0.660. The molecule has 0 unspecified atom stereocenters. The third-order valence-corrected chi connectivity index (χ3v) is 8.85. The summed E-state index contributed by atoms with van der Waals surface area (Å²) in [7, 11) is 3.73. The Bertz CT molecular complexity index is 1570. The lowest BCUT2D eigenvalue weighted by Crippen LogP contribution is -2.35. The van der Waals surface area contributed by atoms with Crippen LogP contribution in [0.4, 0.5) is 5.82 Å². The average Bonchev–Trinajstić information content (AvgIpc) is 3.70. The third-order valence-electron chi connectivity index (χ3n) is 8.85. The van der Waals surface area contributed by atoms with Crippen molar-refractivity contribution in [3.8, 4) is 5.75 Å². The van der Waals surface area contributed by atoms with E-state index in [0.717, 1.165) is 42.0 Å². The maximum Gasteiger partial charge on any atom is 0.221 e. The fourth-order valence-electron chi connectivity index (χ4n) is 6.71. The number of fused-ring (bicyclic) bond motifs is 2. The molecule has 0 bridgehead atoms. The Morgan fingerprint density at radius 1 is 1.02 bits per heavy atom. The highest BCUT2D eigenvalue weighted by Gasteiger charge is 2.54. The van der Waals surface area contributed by atoms with Crippen molar-refractivity contribution in [3.05, 3.63) is 84.3 Å². The fourth-order valence-corrected chi connectivity index (χ4v) is 6.71. The molecule has 10 heteroatoms. The van der Waals surface area contributed by atoms with Crippen LogP contribution in [0.25, 0.3) is 11.0 Å².